The van der Waals surface area contributed by atoms with E-state index in [1.165, 1.54) is 11.3 Å². The Morgan fingerprint density at radius 3 is 3.00 bits per heavy atom. The molecule has 0 saturated carbocycles. The molecule has 0 unspecified atom stereocenters. The monoisotopic (exact) mass is 399 g/mol. The standard InChI is InChI=1S/C18H14ClN5O2S/c1-11-7-14(5-6-15(11)19)26-9-16(25)21-13-4-2-3-12(8-13)17-23-24-10-20-22-18(24)27-17/h2-8,10H,9H2,1H3,(H,21,25). The summed E-state index contributed by atoms with van der Waals surface area (Å²) in [6.07, 6.45) is 1.55. The number of hydrogen-bond donors (Lipinski definition) is 1. The summed E-state index contributed by atoms with van der Waals surface area (Å²) in [6.45, 7) is 1.79. The van der Waals surface area contributed by atoms with Crippen molar-refractivity contribution in [2.45, 2.75) is 6.92 Å². The highest BCUT2D eigenvalue weighted by molar-refractivity contribution is 7.19. The van der Waals surface area contributed by atoms with Crippen LogP contribution in [0.1, 0.15) is 5.56 Å². The fourth-order valence-electron chi connectivity index (χ4n) is 2.46. The van der Waals surface area contributed by atoms with Crippen LogP contribution in [-0.2, 0) is 4.79 Å². The van der Waals surface area contributed by atoms with E-state index >= 15 is 0 Å². The molecular formula is C18H14ClN5O2S. The lowest BCUT2D eigenvalue weighted by Gasteiger charge is -2.09. The fourth-order valence-corrected chi connectivity index (χ4v) is 3.39. The number of benzene rings is 2. The number of hydrogen-bond acceptors (Lipinski definition) is 6. The third-order valence-corrected chi connectivity index (χ3v) is 5.17. The van der Waals surface area contributed by atoms with Crippen LogP contribution in [0, 0.1) is 6.92 Å². The van der Waals surface area contributed by atoms with Gasteiger partial charge in [0.1, 0.15) is 17.1 Å². The second-order valence-corrected chi connectivity index (χ2v) is 7.16. The average molecular weight is 400 g/mol. The molecule has 136 valence electrons. The molecule has 0 radical (unpaired) electrons. The van der Waals surface area contributed by atoms with Crippen LogP contribution in [0.4, 0.5) is 5.69 Å². The first-order chi connectivity index (χ1) is 13.1. The van der Waals surface area contributed by atoms with Crippen molar-refractivity contribution in [1.29, 1.82) is 0 Å². The smallest absolute Gasteiger partial charge is 0.262 e. The number of carbonyl (C=O) groups excluding carboxylic acids is 1. The minimum Gasteiger partial charge on any atom is -0.484 e. The fraction of sp³-hybridized carbons (Fsp3) is 0.111. The molecule has 2 aromatic heterocycles. The summed E-state index contributed by atoms with van der Waals surface area (Å²) in [6, 6.07) is 12.7. The Morgan fingerprint density at radius 2 is 2.19 bits per heavy atom. The van der Waals surface area contributed by atoms with Gasteiger partial charge in [-0.15, -0.1) is 10.2 Å². The Morgan fingerprint density at radius 1 is 1.30 bits per heavy atom. The van der Waals surface area contributed by atoms with Crippen molar-refractivity contribution < 1.29 is 9.53 Å². The molecule has 0 aliphatic heterocycles. The van der Waals surface area contributed by atoms with Gasteiger partial charge in [0, 0.05) is 16.3 Å². The second-order valence-electron chi connectivity index (χ2n) is 5.79. The third kappa shape index (κ3) is 3.91. The zero-order valence-corrected chi connectivity index (χ0v) is 15.8. The Labute approximate surface area is 163 Å². The average Bonchev–Trinajstić information content (AvgIpc) is 3.25. The summed E-state index contributed by atoms with van der Waals surface area (Å²) < 4.78 is 7.14. The Kier molecular flexibility index (Phi) is 4.74. The van der Waals surface area contributed by atoms with Crippen LogP contribution in [-0.4, -0.2) is 32.3 Å². The number of fused-ring (bicyclic) bond motifs is 1. The minimum absolute atomic E-state index is 0.0952. The Balaban J connectivity index is 1.42. The van der Waals surface area contributed by atoms with E-state index in [-0.39, 0.29) is 12.5 Å². The van der Waals surface area contributed by atoms with Gasteiger partial charge in [-0.05, 0) is 42.8 Å². The van der Waals surface area contributed by atoms with E-state index in [0.29, 0.717) is 21.4 Å². The van der Waals surface area contributed by atoms with Crippen molar-refractivity contribution in [3.05, 3.63) is 59.4 Å². The zero-order chi connectivity index (χ0) is 18.8. The molecule has 1 N–H and O–H groups in total. The van der Waals surface area contributed by atoms with Gasteiger partial charge in [-0.25, -0.2) is 0 Å². The second kappa shape index (κ2) is 7.34. The molecule has 0 spiro atoms. The number of rotatable bonds is 5. The molecule has 1 amide bonds. The number of aryl methyl sites for hydroxylation is 1. The van der Waals surface area contributed by atoms with Crippen LogP contribution >= 0.6 is 22.9 Å². The van der Waals surface area contributed by atoms with Gasteiger partial charge < -0.3 is 10.1 Å². The molecule has 0 atom stereocenters. The molecule has 0 aliphatic rings. The van der Waals surface area contributed by atoms with E-state index in [2.05, 4.69) is 20.6 Å². The summed E-state index contributed by atoms with van der Waals surface area (Å²) in [5.74, 6) is 0.346. The Bertz CT molecular complexity index is 1100. The summed E-state index contributed by atoms with van der Waals surface area (Å²) in [7, 11) is 0. The van der Waals surface area contributed by atoms with Crippen molar-refractivity contribution in [3.8, 4) is 16.3 Å². The van der Waals surface area contributed by atoms with Crippen LogP contribution < -0.4 is 10.1 Å². The van der Waals surface area contributed by atoms with Crippen LogP contribution in [0.25, 0.3) is 15.5 Å². The number of aromatic nitrogens is 4. The molecule has 9 heteroatoms. The van der Waals surface area contributed by atoms with Gasteiger partial charge in [0.05, 0.1) is 0 Å². The van der Waals surface area contributed by atoms with Crippen molar-refractivity contribution >= 4 is 39.5 Å². The maximum atomic E-state index is 12.2. The predicted molar refractivity (Wildman–Crippen MR) is 104 cm³/mol. The maximum absolute atomic E-state index is 12.2. The van der Waals surface area contributed by atoms with E-state index < -0.39 is 0 Å². The normalized spacial score (nSPS) is 10.9. The molecule has 7 nitrogen and oxygen atoms in total. The molecule has 0 aliphatic carbocycles. The number of nitrogens with zero attached hydrogens (tertiary/aromatic N) is 4. The number of halogens is 1. The Hall–Kier alpha value is -2.97. The number of amides is 1. The van der Waals surface area contributed by atoms with E-state index in [1.54, 1.807) is 29.0 Å². The van der Waals surface area contributed by atoms with E-state index in [4.69, 9.17) is 16.3 Å². The van der Waals surface area contributed by atoms with Crippen molar-refractivity contribution in [2.24, 2.45) is 0 Å². The minimum atomic E-state index is -0.252. The largest absolute Gasteiger partial charge is 0.484 e. The molecule has 0 bridgehead atoms. The summed E-state index contributed by atoms with van der Waals surface area (Å²) in [5.41, 5.74) is 2.45. The number of anilines is 1. The first kappa shape index (κ1) is 17.4. The number of nitrogens with one attached hydrogen (secondary N) is 1. The maximum Gasteiger partial charge on any atom is 0.262 e. The highest BCUT2D eigenvalue weighted by atomic mass is 35.5. The topological polar surface area (TPSA) is 81.4 Å². The van der Waals surface area contributed by atoms with Crippen LogP contribution in [0.2, 0.25) is 5.02 Å². The molecule has 4 rings (SSSR count). The van der Waals surface area contributed by atoms with Gasteiger partial charge in [-0.1, -0.05) is 35.1 Å². The first-order valence-electron chi connectivity index (χ1n) is 8.04. The lowest BCUT2D eigenvalue weighted by atomic mass is 10.2. The summed E-state index contributed by atoms with van der Waals surface area (Å²) in [4.78, 5) is 12.9. The lowest BCUT2D eigenvalue weighted by molar-refractivity contribution is -0.118. The van der Waals surface area contributed by atoms with Crippen molar-refractivity contribution in [1.82, 2.24) is 19.8 Å². The molecular weight excluding hydrogens is 386 g/mol. The highest BCUT2D eigenvalue weighted by Crippen LogP contribution is 2.27. The van der Waals surface area contributed by atoms with Gasteiger partial charge in [-0.2, -0.15) is 9.61 Å². The first-order valence-corrected chi connectivity index (χ1v) is 9.24. The van der Waals surface area contributed by atoms with Crippen molar-refractivity contribution in [2.75, 3.05) is 11.9 Å². The van der Waals surface area contributed by atoms with E-state index in [0.717, 1.165) is 16.1 Å². The van der Waals surface area contributed by atoms with Gasteiger partial charge in [0.15, 0.2) is 6.61 Å². The molecule has 27 heavy (non-hydrogen) atoms. The van der Waals surface area contributed by atoms with Gasteiger partial charge in [-0.3, -0.25) is 4.79 Å². The van der Waals surface area contributed by atoms with Gasteiger partial charge in [0.2, 0.25) is 4.96 Å². The van der Waals surface area contributed by atoms with Crippen molar-refractivity contribution in [3.63, 3.8) is 0 Å². The third-order valence-electron chi connectivity index (χ3n) is 3.78. The molecule has 0 saturated heterocycles. The number of carbonyl (C=O) groups is 1. The molecule has 0 fully saturated rings. The van der Waals surface area contributed by atoms with Crippen LogP contribution in [0.5, 0.6) is 5.75 Å². The molecule has 2 aromatic carbocycles. The predicted octanol–water partition coefficient (Wildman–Crippen LogP) is 3.83. The SMILES string of the molecule is Cc1cc(OCC(=O)Nc2cccc(-c3nn4cnnc4s3)c2)ccc1Cl. The summed E-state index contributed by atoms with van der Waals surface area (Å²) >= 11 is 7.41. The summed E-state index contributed by atoms with van der Waals surface area (Å²) in [5, 5.41) is 16.5. The van der Waals surface area contributed by atoms with Crippen LogP contribution in [0.15, 0.2) is 48.8 Å². The van der Waals surface area contributed by atoms with E-state index in [1.807, 2.05) is 31.2 Å². The lowest BCUT2D eigenvalue weighted by Crippen LogP contribution is -2.20. The highest BCUT2D eigenvalue weighted by Gasteiger charge is 2.10. The van der Waals surface area contributed by atoms with Gasteiger partial charge >= 0.3 is 0 Å². The molecule has 4 aromatic rings. The van der Waals surface area contributed by atoms with Gasteiger partial charge in [0.25, 0.3) is 5.91 Å². The van der Waals surface area contributed by atoms with Crippen LogP contribution in [0.3, 0.4) is 0 Å². The quantitative estimate of drug-likeness (QED) is 0.551. The number of ether oxygens (including phenoxy) is 1. The molecule has 2 heterocycles. The zero-order valence-electron chi connectivity index (χ0n) is 14.2. The van der Waals surface area contributed by atoms with E-state index in [9.17, 15) is 4.79 Å².